The number of hydrogen-bond acceptors (Lipinski definition) is 3. The minimum atomic E-state index is -0.426. The van der Waals surface area contributed by atoms with E-state index >= 15 is 0 Å². The Balaban J connectivity index is 1.21. The number of hydrogen-bond donors (Lipinski definition) is 1. The van der Waals surface area contributed by atoms with Crippen molar-refractivity contribution < 1.29 is 14.4 Å². The molecule has 1 aliphatic heterocycles. The molecular formula is C27H36ClN3O3. The molecule has 7 heteroatoms. The summed E-state index contributed by atoms with van der Waals surface area (Å²) >= 11 is 5.92. The van der Waals surface area contributed by atoms with Crippen LogP contribution in [-0.2, 0) is 20.9 Å². The Morgan fingerprint density at radius 2 is 1.68 bits per heavy atom. The number of nitrogens with zero attached hydrogens (tertiary/aromatic N) is 2. The Hall–Kier alpha value is -2.08. The minimum absolute atomic E-state index is 0.0127. The molecule has 34 heavy (non-hydrogen) atoms. The van der Waals surface area contributed by atoms with Gasteiger partial charge in [0.2, 0.25) is 17.7 Å². The molecule has 1 N–H and O–H groups in total. The van der Waals surface area contributed by atoms with Crippen molar-refractivity contribution in [1.29, 1.82) is 0 Å². The molecule has 1 aromatic rings. The molecule has 5 fully saturated rings. The van der Waals surface area contributed by atoms with E-state index in [1.807, 2.05) is 24.0 Å². The number of carbonyl (C=O) groups excluding carboxylic acids is 3. The third-order valence-electron chi connectivity index (χ3n) is 8.72. The fourth-order valence-corrected chi connectivity index (χ4v) is 7.66. The van der Waals surface area contributed by atoms with E-state index < -0.39 is 6.04 Å². The number of halogens is 1. The summed E-state index contributed by atoms with van der Waals surface area (Å²) < 4.78 is 0. The Labute approximate surface area is 207 Å². The maximum Gasteiger partial charge on any atom is 0.245 e. The second-order valence-electron chi connectivity index (χ2n) is 11.1. The summed E-state index contributed by atoms with van der Waals surface area (Å²) in [7, 11) is 0. The van der Waals surface area contributed by atoms with Gasteiger partial charge in [0.15, 0.2) is 0 Å². The largest absolute Gasteiger partial charge is 0.350 e. The van der Waals surface area contributed by atoms with Crippen molar-refractivity contribution in [2.75, 3.05) is 19.6 Å². The average Bonchev–Trinajstić information content (AvgIpc) is 3.30. The summed E-state index contributed by atoms with van der Waals surface area (Å²) in [5, 5.41) is 3.55. The molecule has 6 nitrogen and oxygen atoms in total. The van der Waals surface area contributed by atoms with E-state index in [9.17, 15) is 14.4 Å². The minimum Gasteiger partial charge on any atom is -0.350 e. The zero-order valence-corrected chi connectivity index (χ0v) is 20.9. The number of carbonyl (C=O) groups is 3. The van der Waals surface area contributed by atoms with Crippen molar-refractivity contribution in [2.45, 2.75) is 70.9 Å². The summed E-state index contributed by atoms with van der Waals surface area (Å²) in [5.41, 5.74) is 0.722. The maximum absolute atomic E-state index is 13.9. The Bertz CT molecular complexity index is 912. The first-order valence-electron chi connectivity index (χ1n) is 13.0. The van der Waals surface area contributed by atoms with Gasteiger partial charge < -0.3 is 15.1 Å². The first-order valence-corrected chi connectivity index (χ1v) is 13.4. The van der Waals surface area contributed by atoms with Crippen molar-refractivity contribution >= 4 is 29.3 Å². The molecule has 5 aliphatic rings. The molecule has 3 amide bonds. The van der Waals surface area contributed by atoms with Gasteiger partial charge in [0, 0.05) is 24.7 Å². The molecule has 0 spiro atoms. The summed E-state index contributed by atoms with van der Waals surface area (Å²) in [6, 6.07) is 6.90. The van der Waals surface area contributed by atoms with Crippen molar-refractivity contribution in [3.8, 4) is 0 Å². The highest BCUT2D eigenvalue weighted by molar-refractivity contribution is 6.30. The van der Waals surface area contributed by atoms with Crippen molar-refractivity contribution in [1.82, 2.24) is 15.1 Å². The van der Waals surface area contributed by atoms with Crippen LogP contribution in [0.1, 0.15) is 63.9 Å². The van der Waals surface area contributed by atoms with Crippen LogP contribution in [0, 0.1) is 23.2 Å². The quantitative estimate of drug-likeness (QED) is 0.634. The van der Waals surface area contributed by atoms with E-state index in [2.05, 4.69) is 5.32 Å². The third kappa shape index (κ3) is 4.58. The van der Waals surface area contributed by atoms with E-state index in [0.29, 0.717) is 48.8 Å². The zero-order chi connectivity index (χ0) is 23.9. The van der Waals surface area contributed by atoms with Gasteiger partial charge in [-0.1, -0.05) is 23.7 Å². The Kier molecular flexibility index (Phi) is 6.62. The average molecular weight is 486 g/mol. The Morgan fingerprint density at radius 1 is 1.06 bits per heavy atom. The lowest BCUT2D eigenvalue weighted by atomic mass is 9.49. The van der Waals surface area contributed by atoms with Gasteiger partial charge in [0.1, 0.15) is 6.04 Å². The Morgan fingerprint density at radius 3 is 2.26 bits per heavy atom. The third-order valence-corrected chi connectivity index (χ3v) is 8.97. The number of likely N-dealkylation sites (tertiary alicyclic amines) is 1. The van der Waals surface area contributed by atoms with Crippen LogP contribution in [0.2, 0.25) is 5.02 Å². The number of likely N-dealkylation sites (N-methyl/N-ethyl adjacent to an activating group) is 1. The van der Waals surface area contributed by atoms with Gasteiger partial charge in [-0.25, -0.2) is 0 Å². The van der Waals surface area contributed by atoms with Gasteiger partial charge in [-0.3, -0.25) is 14.4 Å². The number of benzene rings is 1. The number of nitrogens with one attached hydrogen (secondary N) is 1. The molecule has 0 aromatic heterocycles. The molecule has 4 saturated carbocycles. The fraction of sp³-hybridized carbons (Fsp3) is 0.667. The van der Waals surface area contributed by atoms with Crippen LogP contribution in [0.5, 0.6) is 0 Å². The molecule has 1 unspecified atom stereocenters. The van der Waals surface area contributed by atoms with Crippen LogP contribution in [0.25, 0.3) is 0 Å². The second-order valence-corrected chi connectivity index (χ2v) is 11.5. The topological polar surface area (TPSA) is 69.7 Å². The lowest BCUT2D eigenvalue weighted by Gasteiger charge is -2.56. The van der Waals surface area contributed by atoms with E-state index in [-0.39, 0.29) is 29.7 Å². The van der Waals surface area contributed by atoms with E-state index in [1.54, 1.807) is 17.0 Å². The fourth-order valence-electron chi connectivity index (χ4n) is 7.53. The molecule has 1 saturated heterocycles. The van der Waals surface area contributed by atoms with Gasteiger partial charge in [0.25, 0.3) is 0 Å². The predicted molar refractivity (Wildman–Crippen MR) is 131 cm³/mol. The molecule has 1 heterocycles. The highest BCUT2D eigenvalue weighted by Crippen LogP contribution is 2.60. The summed E-state index contributed by atoms with van der Waals surface area (Å²) in [4.78, 5) is 43.5. The summed E-state index contributed by atoms with van der Waals surface area (Å²) in [5.74, 6) is 2.04. The maximum atomic E-state index is 13.9. The van der Waals surface area contributed by atoms with E-state index in [1.165, 1.54) is 19.3 Å². The molecule has 184 valence electrons. The van der Waals surface area contributed by atoms with Crippen LogP contribution in [0.15, 0.2) is 24.3 Å². The van der Waals surface area contributed by atoms with Crippen LogP contribution in [-0.4, -0.2) is 53.2 Å². The van der Waals surface area contributed by atoms with Gasteiger partial charge in [-0.2, -0.15) is 0 Å². The molecule has 4 bridgehead atoms. The van der Waals surface area contributed by atoms with E-state index in [4.69, 9.17) is 11.6 Å². The molecule has 4 aliphatic carbocycles. The van der Waals surface area contributed by atoms with Crippen molar-refractivity contribution in [3.05, 3.63) is 34.9 Å². The van der Waals surface area contributed by atoms with E-state index in [0.717, 1.165) is 31.2 Å². The first-order chi connectivity index (χ1) is 16.4. The predicted octanol–water partition coefficient (Wildman–Crippen LogP) is 4.01. The standard InChI is InChI=1S/C27H36ClN3O3/c1-2-30(17-24(32)29-16-18-5-7-22(28)8-6-18)25(33)23-4-3-9-31(23)26(34)27-13-19-10-20(14-27)12-21(11-19)15-27/h5-8,19-21,23H,2-4,9-17H2,1H3,(H,29,32). The van der Waals surface area contributed by atoms with Gasteiger partial charge in [-0.05, 0) is 93.7 Å². The highest BCUT2D eigenvalue weighted by Gasteiger charge is 2.57. The summed E-state index contributed by atoms with van der Waals surface area (Å²) in [6.07, 6.45) is 8.48. The van der Waals surface area contributed by atoms with Gasteiger partial charge in [0.05, 0.1) is 12.0 Å². The zero-order valence-electron chi connectivity index (χ0n) is 20.1. The monoisotopic (exact) mass is 485 g/mol. The lowest BCUT2D eigenvalue weighted by molar-refractivity contribution is -0.162. The normalized spacial score (nSPS) is 31.5. The lowest BCUT2D eigenvalue weighted by Crippen LogP contribution is -2.58. The molecule has 1 aromatic carbocycles. The van der Waals surface area contributed by atoms with Crippen LogP contribution in [0.3, 0.4) is 0 Å². The molecular weight excluding hydrogens is 450 g/mol. The van der Waals surface area contributed by atoms with Gasteiger partial charge in [-0.15, -0.1) is 0 Å². The molecule has 1 atom stereocenters. The van der Waals surface area contributed by atoms with Crippen molar-refractivity contribution in [3.63, 3.8) is 0 Å². The molecule has 0 radical (unpaired) electrons. The smallest absolute Gasteiger partial charge is 0.245 e. The van der Waals surface area contributed by atoms with Gasteiger partial charge >= 0.3 is 0 Å². The van der Waals surface area contributed by atoms with Crippen LogP contribution in [0.4, 0.5) is 0 Å². The first kappa shape index (κ1) is 23.7. The second kappa shape index (κ2) is 9.52. The molecule has 6 rings (SSSR count). The number of amides is 3. The van der Waals surface area contributed by atoms with Crippen LogP contribution < -0.4 is 5.32 Å². The van der Waals surface area contributed by atoms with Crippen LogP contribution >= 0.6 is 11.6 Å². The summed E-state index contributed by atoms with van der Waals surface area (Å²) in [6.45, 7) is 3.41. The SMILES string of the molecule is CCN(CC(=O)NCc1ccc(Cl)cc1)C(=O)C1CCCN1C(=O)C12CC3CC(CC(C3)C1)C2. The highest BCUT2D eigenvalue weighted by atomic mass is 35.5. The number of rotatable bonds is 7. The van der Waals surface area contributed by atoms with Crippen molar-refractivity contribution in [2.24, 2.45) is 23.2 Å².